The second kappa shape index (κ2) is 45.0. The summed E-state index contributed by atoms with van der Waals surface area (Å²) in [5.41, 5.74) is 0. The standard InChI is InChI=1S/C9H21N.C8H18ClN.C8H18N.2C7H15Cl2N.C7H15ClN.ClH/c1-5-7-10(8-6-2)9(3)4;1-4-6-10(7-5-9)8(2)3;1-4-5-9(6-7-9)8(2)3;2*1-7(2)10(5-3-8)6-4-9;1-7(2)9(4-3-8)5-6-9;/h9H,5-8H2,1-4H3;8H,4-7H2,1-3H3;8H,4-7H2,1-3H3;2*7H,3-6H2,1-2H3;7H,3-6H2,1-2H3;1H/q;;+1;;;+1;. The summed E-state index contributed by atoms with van der Waals surface area (Å²) in [5, 5.41) is 0. The van der Waals surface area contributed by atoms with Crippen molar-refractivity contribution < 1.29 is 26.3 Å². The van der Waals surface area contributed by atoms with Crippen LogP contribution in [0.3, 0.4) is 0 Å². The van der Waals surface area contributed by atoms with Crippen LogP contribution in [0.25, 0.3) is 0 Å². The van der Waals surface area contributed by atoms with E-state index in [4.69, 9.17) is 69.6 Å². The first kappa shape index (κ1) is 69.8. The minimum Gasteiger partial charge on any atom is -1.00 e. The van der Waals surface area contributed by atoms with Crippen LogP contribution in [0.1, 0.15) is 136 Å². The van der Waals surface area contributed by atoms with E-state index in [9.17, 15) is 0 Å². The summed E-state index contributed by atoms with van der Waals surface area (Å²) in [6, 6.07) is 4.20. The van der Waals surface area contributed by atoms with Crippen molar-refractivity contribution in [3.05, 3.63) is 0 Å². The van der Waals surface area contributed by atoms with Crippen molar-refractivity contribution in [3.63, 3.8) is 0 Å². The molecule has 1 N–H and O–H groups in total. The lowest BCUT2D eigenvalue weighted by molar-refractivity contribution is -0.916. The molecule has 0 aliphatic carbocycles. The SMILES string of the molecule is CC(C)N(CCCl)CCCl.CC(C)[N+]1(CCCl)CC1.CC(C)[NH+](CCCl)CCCl.CCCN(CCC)C(C)C.CCCN(CCCl)C(C)C.CCC[N+]1(C(C)C)CC1.[Cl-]. The molecular formula is C46H103Cl7N6+2. The molecule has 0 radical (unpaired) electrons. The summed E-state index contributed by atoms with van der Waals surface area (Å²) in [7, 11) is 0. The summed E-state index contributed by atoms with van der Waals surface area (Å²) >= 11 is 33.7. The molecule has 364 valence electrons. The van der Waals surface area contributed by atoms with Gasteiger partial charge in [-0.25, -0.2) is 0 Å². The van der Waals surface area contributed by atoms with Gasteiger partial charge in [-0.3, -0.25) is 9.80 Å². The highest BCUT2D eigenvalue weighted by Crippen LogP contribution is 2.26. The van der Waals surface area contributed by atoms with Crippen molar-refractivity contribution in [1.82, 2.24) is 14.7 Å². The second-order valence-corrected chi connectivity index (χ2v) is 20.1. The molecule has 2 heterocycles. The molecule has 0 aromatic carbocycles. The van der Waals surface area contributed by atoms with Gasteiger partial charge in [0.25, 0.3) is 0 Å². The molecule has 2 saturated heterocycles. The number of alkyl halides is 6. The average molecular weight is 989 g/mol. The van der Waals surface area contributed by atoms with Gasteiger partial charge in [-0.1, -0.05) is 27.7 Å². The molecule has 0 aromatic heterocycles. The molecule has 0 atom stereocenters. The summed E-state index contributed by atoms with van der Waals surface area (Å²) in [6.07, 6.45) is 5.11. The lowest BCUT2D eigenvalue weighted by Crippen LogP contribution is -3.15. The van der Waals surface area contributed by atoms with Gasteiger partial charge in [0.2, 0.25) is 0 Å². The van der Waals surface area contributed by atoms with Crippen LogP contribution in [0.4, 0.5) is 0 Å². The van der Waals surface area contributed by atoms with E-state index in [-0.39, 0.29) is 12.4 Å². The maximum Gasteiger partial charge on any atom is 0.129 e. The fraction of sp³-hybridized carbons (Fsp3) is 1.00. The number of quaternary nitrogens is 3. The zero-order valence-electron chi connectivity index (χ0n) is 41.8. The van der Waals surface area contributed by atoms with Crippen LogP contribution in [-0.4, -0.2) is 187 Å². The van der Waals surface area contributed by atoms with E-state index in [0.29, 0.717) is 29.9 Å². The minimum absolute atomic E-state index is 0. The molecule has 59 heavy (non-hydrogen) atoms. The molecule has 2 aliphatic heterocycles. The molecule has 0 amide bonds. The minimum atomic E-state index is 0. The Labute approximate surface area is 407 Å². The lowest BCUT2D eigenvalue weighted by Gasteiger charge is -2.24. The van der Waals surface area contributed by atoms with Crippen LogP contribution in [0.5, 0.6) is 0 Å². The predicted molar refractivity (Wildman–Crippen MR) is 271 cm³/mol. The third kappa shape index (κ3) is 38.7. The Morgan fingerprint density at radius 2 is 0.695 bits per heavy atom. The molecule has 0 unspecified atom stereocenters. The number of hydrogen-bond acceptors (Lipinski definition) is 3. The first-order valence-corrected chi connectivity index (χ1v) is 26.6. The van der Waals surface area contributed by atoms with E-state index in [0.717, 1.165) is 74.4 Å². The van der Waals surface area contributed by atoms with Gasteiger partial charge in [0.05, 0.1) is 61.9 Å². The third-order valence-corrected chi connectivity index (χ3v) is 12.5. The van der Waals surface area contributed by atoms with Gasteiger partial charge in [-0.15, -0.1) is 69.6 Å². The van der Waals surface area contributed by atoms with Gasteiger partial charge in [0, 0.05) is 55.4 Å². The summed E-state index contributed by atoms with van der Waals surface area (Å²) in [5.74, 6) is 4.40. The highest BCUT2D eigenvalue weighted by molar-refractivity contribution is 6.19. The lowest BCUT2D eigenvalue weighted by atomic mass is 10.3. The van der Waals surface area contributed by atoms with Crippen molar-refractivity contribution in [2.75, 3.05) is 127 Å². The summed E-state index contributed by atoms with van der Waals surface area (Å²) in [6.45, 7) is 52.6. The first-order chi connectivity index (χ1) is 27.3. The van der Waals surface area contributed by atoms with E-state index in [1.165, 1.54) is 98.5 Å². The molecule has 6 nitrogen and oxygen atoms in total. The van der Waals surface area contributed by atoms with Crippen LogP contribution in [0.2, 0.25) is 0 Å². The van der Waals surface area contributed by atoms with Gasteiger partial charge < -0.3 is 31.2 Å². The van der Waals surface area contributed by atoms with E-state index in [2.05, 4.69) is 125 Å². The van der Waals surface area contributed by atoms with E-state index in [1.807, 2.05) is 0 Å². The maximum atomic E-state index is 5.65. The smallest absolute Gasteiger partial charge is 0.129 e. The molecule has 0 aromatic rings. The van der Waals surface area contributed by atoms with Gasteiger partial charge in [0.15, 0.2) is 0 Å². The normalized spacial score (nSPS) is 14.6. The fourth-order valence-corrected chi connectivity index (χ4v) is 8.36. The summed E-state index contributed by atoms with van der Waals surface area (Å²) < 4.78 is 2.67. The van der Waals surface area contributed by atoms with Crippen molar-refractivity contribution in [3.8, 4) is 0 Å². The van der Waals surface area contributed by atoms with Gasteiger partial charge in [0.1, 0.15) is 26.2 Å². The quantitative estimate of drug-likeness (QED) is 0.0540. The van der Waals surface area contributed by atoms with Crippen LogP contribution in [0.15, 0.2) is 0 Å². The van der Waals surface area contributed by atoms with Crippen molar-refractivity contribution in [2.24, 2.45) is 0 Å². The second-order valence-electron chi connectivity index (χ2n) is 17.8. The van der Waals surface area contributed by atoms with Crippen LogP contribution >= 0.6 is 69.6 Å². The number of hydrogen-bond donors (Lipinski definition) is 1. The molecule has 13 heteroatoms. The van der Waals surface area contributed by atoms with Gasteiger partial charge in [-0.2, -0.15) is 0 Å². The molecule has 2 fully saturated rings. The molecule has 2 aliphatic rings. The largest absolute Gasteiger partial charge is 1.00 e. The van der Waals surface area contributed by atoms with Crippen molar-refractivity contribution in [1.29, 1.82) is 0 Å². The Kier molecular flexibility index (Phi) is 53.2. The van der Waals surface area contributed by atoms with Crippen LogP contribution < -0.4 is 17.3 Å². The number of halogens is 7. The fourth-order valence-electron chi connectivity index (χ4n) is 6.88. The van der Waals surface area contributed by atoms with Gasteiger partial charge >= 0.3 is 0 Å². The maximum absolute atomic E-state index is 5.65. The molecule has 0 bridgehead atoms. The number of rotatable bonds is 26. The van der Waals surface area contributed by atoms with Crippen molar-refractivity contribution in [2.45, 2.75) is 173 Å². The zero-order chi connectivity index (χ0) is 45.7. The van der Waals surface area contributed by atoms with Crippen LogP contribution in [0, 0.1) is 0 Å². The average Bonchev–Trinajstić information content (AvgIpc) is 4.10. The van der Waals surface area contributed by atoms with E-state index in [1.54, 1.807) is 0 Å². The van der Waals surface area contributed by atoms with E-state index < -0.39 is 0 Å². The van der Waals surface area contributed by atoms with Crippen LogP contribution in [-0.2, 0) is 0 Å². The third-order valence-electron chi connectivity index (χ3n) is 11.5. The van der Waals surface area contributed by atoms with Gasteiger partial charge in [-0.05, 0) is 128 Å². The Bertz CT molecular complexity index is 702. The van der Waals surface area contributed by atoms with Crippen molar-refractivity contribution >= 4 is 69.6 Å². The highest BCUT2D eigenvalue weighted by atomic mass is 35.5. The molecule has 0 saturated carbocycles. The molecular weight excluding hydrogens is 885 g/mol. The number of nitrogens with zero attached hydrogens (tertiary/aromatic N) is 5. The topological polar surface area (TPSA) is 14.2 Å². The van der Waals surface area contributed by atoms with E-state index >= 15 is 0 Å². The monoisotopic (exact) mass is 985 g/mol. The summed E-state index contributed by atoms with van der Waals surface area (Å²) in [4.78, 5) is 8.68. The number of nitrogens with one attached hydrogen (secondary N) is 1. The molecule has 2 rings (SSSR count). The highest BCUT2D eigenvalue weighted by Gasteiger charge is 2.44. The predicted octanol–water partition coefficient (Wildman–Crippen LogP) is 7.90. The Morgan fingerprint density at radius 3 is 0.847 bits per heavy atom. The first-order valence-electron chi connectivity index (χ1n) is 23.4. The Balaban J connectivity index is -0.000000197. The Morgan fingerprint density at radius 1 is 0.407 bits per heavy atom. The molecule has 0 spiro atoms. The zero-order valence-corrected chi connectivity index (χ0v) is 47.1. The Hall–Kier alpha value is 1.79.